The molecule has 0 aromatic carbocycles. The molecule has 0 unspecified atom stereocenters. The van der Waals surface area contributed by atoms with Gasteiger partial charge in [-0.2, -0.15) is 0 Å². The Labute approximate surface area is 96.3 Å². The normalized spacial score (nSPS) is 10.4. The number of nitrogens with zero attached hydrogens (tertiary/aromatic N) is 3. The number of hydrogen-bond donors (Lipinski definition) is 1. The molecule has 0 spiro atoms. The van der Waals surface area contributed by atoms with Crippen molar-refractivity contribution in [2.75, 3.05) is 0 Å². The first kappa shape index (κ1) is 10.6. The first-order valence-corrected chi connectivity index (χ1v) is 4.86. The molecule has 0 saturated heterocycles. The van der Waals surface area contributed by atoms with Gasteiger partial charge in [-0.15, -0.1) is 0 Å². The number of pyridine rings is 1. The predicted molar refractivity (Wildman–Crippen MR) is 58.1 cm³/mol. The first-order chi connectivity index (χ1) is 7.56. The number of carboxylic acids is 1. The fourth-order valence-electron chi connectivity index (χ4n) is 1.29. The molecule has 0 radical (unpaired) electrons. The van der Waals surface area contributed by atoms with Gasteiger partial charge in [-0.1, -0.05) is 11.6 Å². The Bertz CT molecular complexity index is 551. The van der Waals surface area contributed by atoms with Gasteiger partial charge in [0.05, 0.1) is 11.3 Å². The second-order valence-electron chi connectivity index (χ2n) is 3.26. The van der Waals surface area contributed by atoms with Crippen molar-refractivity contribution in [2.45, 2.75) is 6.92 Å². The molecule has 5 nitrogen and oxygen atoms in total. The Hall–Kier alpha value is -1.88. The molecule has 0 aliphatic rings. The zero-order chi connectivity index (χ0) is 11.7. The molecule has 0 bridgehead atoms. The monoisotopic (exact) mass is 237 g/mol. The highest BCUT2D eigenvalue weighted by molar-refractivity contribution is 6.29. The summed E-state index contributed by atoms with van der Waals surface area (Å²) in [7, 11) is 0. The highest BCUT2D eigenvalue weighted by atomic mass is 35.5. The summed E-state index contributed by atoms with van der Waals surface area (Å²) < 4.78 is 1.62. The van der Waals surface area contributed by atoms with E-state index in [1.165, 1.54) is 12.1 Å². The number of rotatable bonds is 2. The van der Waals surface area contributed by atoms with Crippen molar-refractivity contribution in [3.63, 3.8) is 0 Å². The van der Waals surface area contributed by atoms with Gasteiger partial charge < -0.3 is 5.11 Å². The van der Waals surface area contributed by atoms with Crippen LogP contribution >= 0.6 is 11.6 Å². The SMILES string of the molecule is Cc1cn(-c2cc(C(=O)O)cc(Cl)n2)cn1. The molecule has 1 N–H and O–H groups in total. The van der Waals surface area contributed by atoms with Gasteiger partial charge >= 0.3 is 5.97 Å². The summed E-state index contributed by atoms with van der Waals surface area (Å²) in [6.45, 7) is 1.83. The summed E-state index contributed by atoms with van der Waals surface area (Å²) in [5.41, 5.74) is 0.917. The molecule has 0 atom stereocenters. The highest BCUT2D eigenvalue weighted by Gasteiger charge is 2.08. The van der Waals surface area contributed by atoms with Crippen LogP contribution in [0.4, 0.5) is 0 Å². The summed E-state index contributed by atoms with van der Waals surface area (Å²) >= 11 is 5.74. The van der Waals surface area contributed by atoms with Crippen LogP contribution in [0.15, 0.2) is 24.7 Å². The first-order valence-electron chi connectivity index (χ1n) is 4.48. The Balaban J connectivity index is 2.53. The van der Waals surface area contributed by atoms with Gasteiger partial charge in [0.2, 0.25) is 0 Å². The number of imidazole rings is 1. The van der Waals surface area contributed by atoms with E-state index in [0.29, 0.717) is 5.82 Å². The summed E-state index contributed by atoms with van der Waals surface area (Å²) in [6.07, 6.45) is 3.30. The Kier molecular flexibility index (Phi) is 2.62. The second-order valence-corrected chi connectivity index (χ2v) is 3.65. The zero-order valence-electron chi connectivity index (χ0n) is 8.38. The third-order valence-corrected chi connectivity index (χ3v) is 2.20. The van der Waals surface area contributed by atoms with E-state index in [4.69, 9.17) is 16.7 Å². The van der Waals surface area contributed by atoms with Crippen molar-refractivity contribution in [2.24, 2.45) is 0 Å². The fraction of sp³-hybridized carbons (Fsp3) is 0.100. The molecule has 0 fully saturated rings. The maximum absolute atomic E-state index is 10.8. The summed E-state index contributed by atoms with van der Waals surface area (Å²) in [5, 5.41) is 9.01. The van der Waals surface area contributed by atoms with Crippen molar-refractivity contribution < 1.29 is 9.90 Å². The van der Waals surface area contributed by atoms with E-state index >= 15 is 0 Å². The lowest BCUT2D eigenvalue weighted by Crippen LogP contribution is -2.01. The average Bonchev–Trinajstić information content (AvgIpc) is 2.64. The van der Waals surface area contributed by atoms with Gasteiger partial charge in [-0.3, -0.25) is 4.57 Å². The lowest BCUT2D eigenvalue weighted by molar-refractivity contribution is 0.0696. The van der Waals surface area contributed by atoms with Crippen LogP contribution in [-0.2, 0) is 0 Å². The molecule has 0 aliphatic heterocycles. The van der Waals surface area contributed by atoms with Crippen LogP contribution in [-0.4, -0.2) is 25.6 Å². The number of hydrogen-bond acceptors (Lipinski definition) is 3. The van der Waals surface area contributed by atoms with Crippen molar-refractivity contribution in [3.8, 4) is 5.82 Å². The third kappa shape index (κ3) is 2.04. The van der Waals surface area contributed by atoms with E-state index in [-0.39, 0.29) is 10.7 Å². The van der Waals surface area contributed by atoms with Crippen LogP contribution in [0.25, 0.3) is 5.82 Å². The number of halogens is 1. The van der Waals surface area contributed by atoms with Crippen molar-refractivity contribution in [3.05, 3.63) is 41.1 Å². The fourth-order valence-corrected chi connectivity index (χ4v) is 1.49. The molecule has 2 rings (SSSR count). The largest absolute Gasteiger partial charge is 0.478 e. The summed E-state index contributed by atoms with van der Waals surface area (Å²) in [5.74, 6) is -0.604. The van der Waals surface area contributed by atoms with Gasteiger partial charge in [-0.25, -0.2) is 14.8 Å². The molecule has 2 heterocycles. The quantitative estimate of drug-likeness (QED) is 0.811. The van der Waals surface area contributed by atoms with Gasteiger partial charge in [-0.05, 0) is 19.1 Å². The smallest absolute Gasteiger partial charge is 0.335 e. The number of carbonyl (C=O) groups is 1. The number of aryl methyl sites for hydroxylation is 1. The van der Waals surface area contributed by atoms with Gasteiger partial charge in [0, 0.05) is 6.20 Å². The summed E-state index contributed by atoms with van der Waals surface area (Å²) in [4.78, 5) is 18.9. The van der Waals surface area contributed by atoms with Crippen molar-refractivity contribution in [1.82, 2.24) is 14.5 Å². The van der Waals surface area contributed by atoms with Gasteiger partial charge in [0.1, 0.15) is 17.3 Å². The Morgan fingerprint density at radius 2 is 2.25 bits per heavy atom. The molecule has 0 saturated carbocycles. The minimum absolute atomic E-state index is 0.0985. The maximum atomic E-state index is 10.8. The molecule has 0 aliphatic carbocycles. The van der Waals surface area contributed by atoms with E-state index in [1.807, 2.05) is 6.92 Å². The molecule has 0 amide bonds. The molecule has 6 heteroatoms. The predicted octanol–water partition coefficient (Wildman–Crippen LogP) is 1.93. The second kappa shape index (κ2) is 3.94. The minimum atomic E-state index is -1.04. The van der Waals surface area contributed by atoms with Crippen molar-refractivity contribution in [1.29, 1.82) is 0 Å². The molecular formula is C10H8ClN3O2. The van der Waals surface area contributed by atoms with Crippen molar-refractivity contribution >= 4 is 17.6 Å². The average molecular weight is 238 g/mol. The van der Waals surface area contributed by atoms with Crippen LogP contribution in [0.3, 0.4) is 0 Å². The molecular weight excluding hydrogens is 230 g/mol. The third-order valence-electron chi connectivity index (χ3n) is 2.00. The van der Waals surface area contributed by atoms with Crippen LogP contribution in [0, 0.1) is 6.92 Å². The van der Waals surface area contributed by atoms with Crippen LogP contribution < -0.4 is 0 Å². The van der Waals surface area contributed by atoms with E-state index in [9.17, 15) is 4.79 Å². The highest BCUT2D eigenvalue weighted by Crippen LogP contribution is 2.14. The topological polar surface area (TPSA) is 68.0 Å². The standard InChI is InChI=1S/C10H8ClN3O2/c1-6-4-14(5-12-6)9-3-7(10(15)16)2-8(11)13-9/h2-5H,1H3,(H,15,16). The van der Waals surface area contributed by atoms with E-state index < -0.39 is 5.97 Å². The number of aromatic carboxylic acids is 1. The van der Waals surface area contributed by atoms with Gasteiger partial charge in [0.15, 0.2) is 0 Å². The van der Waals surface area contributed by atoms with E-state index in [2.05, 4.69) is 9.97 Å². The van der Waals surface area contributed by atoms with E-state index in [1.54, 1.807) is 17.1 Å². The molecule has 82 valence electrons. The van der Waals surface area contributed by atoms with E-state index in [0.717, 1.165) is 5.69 Å². The Morgan fingerprint density at radius 1 is 1.50 bits per heavy atom. The molecule has 2 aromatic heterocycles. The molecule has 16 heavy (non-hydrogen) atoms. The van der Waals surface area contributed by atoms with Crippen LogP contribution in [0.2, 0.25) is 5.15 Å². The maximum Gasteiger partial charge on any atom is 0.335 e. The van der Waals surface area contributed by atoms with Crippen LogP contribution in [0.1, 0.15) is 16.1 Å². The lowest BCUT2D eigenvalue weighted by Gasteiger charge is -2.03. The summed E-state index contributed by atoms with van der Waals surface area (Å²) in [6, 6.07) is 2.74. The zero-order valence-corrected chi connectivity index (χ0v) is 9.14. The number of aromatic nitrogens is 3. The lowest BCUT2D eigenvalue weighted by atomic mass is 10.2. The molecule has 2 aromatic rings. The number of carboxylic acid groups (broad SMARTS) is 1. The Morgan fingerprint density at radius 3 is 2.81 bits per heavy atom. The minimum Gasteiger partial charge on any atom is -0.478 e. The van der Waals surface area contributed by atoms with Gasteiger partial charge in [0.25, 0.3) is 0 Å². The van der Waals surface area contributed by atoms with Crippen LogP contribution in [0.5, 0.6) is 0 Å².